The Morgan fingerprint density at radius 1 is 0.700 bits per heavy atom. The Balaban J connectivity index is 2.02. The summed E-state index contributed by atoms with van der Waals surface area (Å²) in [5, 5.41) is 0. The highest BCUT2D eigenvalue weighted by Gasteiger charge is 2.15. The average Bonchev–Trinajstić information content (AvgIpc) is 2.70. The Bertz CT molecular complexity index is 563. The van der Waals surface area contributed by atoms with Crippen LogP contribution in [0.1, 0.15) is 127 Å². The predicted octanol–water partition coefficient (Wildman–Crippen LogP) is 7.69. The van der Waals surface area contributed by atoms with Gasteiger partial charge in [-0.05, 0) is 13.3 Å². The fraction of sp³-hybridized carbons (Fsp3) is 0.731. The second kappa shape index (κ2) is 17.0. The molecule has 0 unspecified atom stereocenters. The van der Waals surface area contributed by atoms with Crippen molar-refractivity contribution in [1.82, 2.24) is 0 Å². The highest BCUT2D eigenvalue weighted by Crippen LogP contribution is 2.28. The number of hydrogen-bond donors (Lipinski definition) is 2. The smallest absolute Gasteiger partial charge is 0.167 e. The molecule has 0 bridgehead atoms. The van der Waals surface area contributed by atoms with Crippen molar-refractivity contribution in [3.63, 3.8) is 0 Å². The van der Waals surface area contributed by atoms with Crippen LogP contribution in [0.4, 0.5) is 11.4 Å². The maximum Gasteiger partial charge on any atom is 0.167 e. The van der Waals surface area contributed by atoms with E-state index in [1.807, 2.05) is 6.92 Å². The van der Waals surface area contributed by atoms with E-state index in [2.05, 4.69) is 6.92 Å². The van der Waals surface area contributed by atoms with Gasteiger partial charge in [-0.25, -0.2) is 0 Å². The fourth-order valence-electron chi connectivity index (χ4n) is 4.01. The topological polar surface area (TPSA) is 78.3 Å². The van der Waals surface area contributed by atoms with Crippen LogP contribution in [0, 0.1) is 0 Å². The van der Waals surface area contributed by atoms with Crippen LogP contribution in [-0.4, -0.2) is 12.4 Å². The normalized spacial score (nSPS) is 11.0. The number of Topliss-reactive ketones (excluding diaryl/α,β-unsaturated/α-hetero) is 1. The van der Waals surface area contributed by atoms with Crippen LogP contribution >= 0.6 is 0 Å². The van der Waals surface area contributed by atoms with Gasteiger partial charge in [0.15, 0.2) is 5.78 Å². The van der Waals surface area contributed by atoms with Crippen LogP contribution in [0.3, 0.4) is 0 Å². The first kappa shape index (κ1) is 26.3. The molecule has 0 spiro atoms. The lowest BCUT2D eigenvalue weighted by molar-refractivity contribution is 0.0981. The number of carbonyl (C=O) groups excluding carboxylic acids is 1. The van der Waals surface area contributed by atoms with E-state index in [9.17, 15) is 4.79 Å². The lowest BCUT2D eigenvalue weighted by Crippen LogP contribution is -2.08. The Kier molecular flexibility index (Phi) is 14.9. The summed E-state index contributed by atoms with van der Waals surface area (Å²) in [6, 6.07) is 3.39. The molecule has 172 valence electrons. The zero-order valence-corrected chi connectivity index (χ0v) is 19.6. The largest absolute Gasteiger partial charge is 0.494 e. The first-order valence-corrected chi connectivity index (χ1v) is 12.4. The molecule has 4 heteroatoms. The summed E-state index contributed by atoms with van der Waals surface area (Å²) in [4.78, 5) is 12.5. The van der Waals surface area contributed by atoms with Gasteiger partial charge in [0, 0.05) is 29.9 Å². The van der Waals surface area contributed by atoms with E-state index in [0.29, 0.717) is 35.7 Å². The number of ketones is 1. The molecular weight excluding hydrogens is 372 g/mol. The monoisotopic (exact) mass is 418 g/mol. The third kappa shape index (κ3) is 11.5. The molecule has 0 aliphatic rings. The van der Waals surface area contributed by atoms with E-state index in [1.54, 1.807) is 12.1 Å². The molecule has 0 aromatic heterocycles. The molecule has 1 aromatic carbocycles. The van der Waals surface area contributed by atoms with E-state index in [0.717, 1.165) is 12.8 Å². The highest BCUT2D eigenvalue weighted by molar-refractivity contribution is 6.05. The lowest BCUT2D eigenvalue weighted by atomic mass is 10.00. The van der Waals surface area contributed by atoms with Crippen molar-refractivity contribution >= 4 is 17.2 Å². The third-order valence-corrected chi connectivity index (χ3v) is 5.77. The van der Waals surface area contributed by atoms with Gasteiger partial charge in [-0.15, -0.1) is 0 Å². The van der Waals surface area contributed by atoms with Gasteiger partial charge in [-0.1, -0.05) is 96.8 Å². The SMILES string of the molecule is CCCCCCCCCCCCCCCCCC(=O)c1c(N)cc(OCC)cc1N. The van der Waals surface area contributed by atoms with Gasteiger partial charge < -0.3 is 16.2 Å². The zero-order valence-electron chi connectivity index (χ0n) is 19.6. The molecule has 0 saturated carbocycles. The van der Waals surface area contributed by atoms with Crippen LogP contribution < -0.4 is 16.2 Å². The molecule has 0 saturated heterocycles. The second-order valence-electron chi connectivity index (χ2n) is 8.53. The van der Waals surface area contributed by atoms with Gasteiger partial charge in [0.1, 0.15) is 5.75 Å². The molecule has 0 aliphatic carbocycles. The first-order valence-electron chi connectivity index (χ1n) is 12.4. The number of rotatable bonds is 19. The van der Waals surface area contributed by atoms with Crippen molar-refractivity contribution in [3.05, 3.63) is 17.7 Å². The molecule has 0 radical (unpaired) electrons. The maximum absolute atomic E-state index is 12.5. The minimum atomic E-state index is 0.0442. The minimum Gasteiger partial charge on any atom is -0.494 e. The third-order valence-electron chi connectivity index (χ3n) is 5.77. The molecule has 1 aromatic rings. The summed E-state index contributed by atoms with van der Waals surface area (Å²) in [6.45, 7) is 4.72. The number of anilines is 2. The summed E-state index contributed by atoms with van der Waals surface area (Å²) in [5.41, 5.74) is 13.4. The van der Waals surface area contributed by atoms with E-state index in [-0.39, 0.29) is 5.78 Å². The number of ether oxygens (including phenoxy) is 1. The average molecular weight is 419 g/mol. The van der Waals surface area contributed by atoms with Gasteiger partial charge in [0.25, 0.3) is 0 Å². The molecule has 0 amide bonds. The van der Waals surface area contributed by atoms with Gasteiger partial charge in [0.05, 0.1) is 12.2 Å². The molecule has 4 N–H and O–H groups in total. The molecule has 0 atom stereocenters. The standard InChI is InChI=1S/C26H46N2O2/c1-3-5-6-7-8-9-10-11-12-13-14-15-16-17-18-19-25(29)26-23(27)20-22(30-4-2)21-24(26)28/h20-21H,3-19,27-28H2,1-2H3. The van der Waals surface area contributed by atoms with Gasteiger partial charge >= 0.3 is 0 Å². The maximum atomic E-state index is 12.5. The Morgan fingerprint density at radius 2 is 1.10 bits per heavy atom. The summed E-state index contributed by atoms with van der Waals surface area (Å²) < 4.78 is 5.42. The number of unbranched alkanes of at least 4 members (excludes halogenated alkanes) is 14. The van der Waals surface area contributed by atoms with Crippen LogP contribution in [0.15, 0.2) is 12.1 Å². The summed E-state index contributed by atoms with van der Waals surface area (Å²) >= 11 is 0. The lowest BCUT2D eigenvalue weighted by Gasteiger charge is -2.11. The van der Waals surface area contributed by atoms with Crippen molar-refractivity contribution in [3.8, 4) is 5.75 Å². The minimum absolute atomic E-state index is 0.0442. The van der Waals surface area contributed by atoms with E-state index in [4.69, 9.17) is 16.2 Å². The zero-order chi connectivity index (χ0) is 22.0. The van der Waals surface area contributed by atoms with Crippen molar-refractivity contribution in [2.45, 2.75) is 117 Å². The second-order valence-corrected chi connectivity index (χ2v) is 8.53. The number of hydrogen-bond acceptors (Lipinski definition) is 4. The molecule has 4 nitrogen and oxygen atoms in total. The molecule has 30 heavy (non-hydrogen) atoms. The predicted molar refractivity (Wildman–Crippen MR) is 130 cm³/mol. The van der Waals surface area contributed by atoms with Crippen molar-refractivity contribution in [2.75, 3.05) is 18.1 Å². The Labute approximate surface area is 185 Å². The van der Waals surface area contributed by atoms with Gasteiger partial charge in [0.2, 0.25) is 0 Å². The number of nitrogen functional groups attached to an aromatic ring is 2. The molecule has 0 heterocycles. The quantitative estimate of drug-likeness (QED) is 0.137. The van der Waals surface area contributed by atoms with Crippen LogP contribution in [0.5, 0.6) is 5.75 Å². The summed E-state index contributed by atoms with van der Waals surface area (Å²) in [6.07, 6.45) is 20.3. The number of nitrogens with two attached hydrogens (primary N) is 2. The molecular formula is C26H46N2O2. The molecule has 0 aliphatic heterocycles. The van der Waals surface area contributed by atoms with Crippen molar-refractivity contribution in [1.29, 1.82) is 0 Å². The van der Waals surface area contributed by atoms with Crippen LogP contribution in [0.2, 0.25) is 0 Å². The Hall–Kier alpha value is -1.71. The fourth-order valence-corrected chi connectivity index (χ4v) is 4.01. The van der Waals surface area contributed by atoms with E-state index in [1.165, 1.54) is 83.5 Å². The van der Waals surface area contributed by atoms with Crippen molar-refractivity contribution < 1.29 is 9.53 Å². The van der Waals surface area contributed by atoms with Crippen molar-refractivity contribution in [2.24, 2.45) is 0 Å². The van der Waals surface area contributed by atoms with Gasteiger partial charge in [-0.2, -0.15) is 0 Å². The Morgan fingerprint density at radius 3 is 1.50 bits per heavy atom. The number of carbonyl (C=O) groups is 1. The van der Waals surface area contributed by atoms with Gasteiger partial charge in [-0.3, -0.25) is 4.79 Å². The van der Waals surface area contributed by atoms with E-state index < -0.39 is 0 Å². The van der Waals surface area contributed by atoms with Crippen LogP contribution in [-0.2, 0) is 0 Å². The van der Waals surface area contributed by atoms with E-state index >= 15 is 0 Å². The molecule has 1 rings (SSSR count). The summed E-state index contributed by atoms with van der Waals surface area (Å²) in [5.74, 6) is 0.666. The summed E-state index contributed by atoms with van der Waals surface area (Å²) in [7, 11) is 0. The first-order chi connectivity index (χ1) is 14.6. The highest BCUT2D eigenvalue weighted by atomic mass is 16.5. The molecule has 0 fully saturated rings. The van der Waals surface area contributed by atoms with Crippen LogP contribution in [0.25, 0.3) is 0 Å². The number of benzene rings is 1.